The number of hydrogen-bond acceptors (Lipinski definition) is 2. The Labute approximate surface area is 140 Å². The summed E-state index contributed by atoms with van der Waals surface area (Å²) in [4.78, 5) is 12.0. The summed E-state index contributed by atoms with van der Waals surface area (Å²) in [5, 5.41) is 7.20. The number of carbonyl (C=O) groups is 1. The Morgan fingerprint density at radius 3 is 2.41 bits per heavy atom. The number of rotatable bonds is 5. The van der Waals surface area contributed by atoms with E-state index in [9.17, 15) is 4.79 Å². The van der Waals surface area contributed by atoms with Crippen LogP contribution in [0.25, 0.3) is 0 Å². The average molecular weight is 337 g/mol. The fourth-order valence-electron chi connectivity index (χ4n) is 2.06. The highest BCUT2D eigenvalue weighted by Crippen LogP contribution is 2.22. The molecule has 0 spiro atoms. The van der Waals surface area contributed by atoms with Gasteiger partial charge in [0.15, 0.2) is 0 Å². The molecule has 0 fully saturated rings. The molecule has 2 aromatic carbocycles. The second-order valence-electron chi connectivity index (χ2n) is 5.20. The lowest BCUT2D eigenvalue weighted by atomic mass is 10.1. The summed E-state index contributed by atoms with van der Waals surface area (Å²) < 4.78 is 0. The molecular weight excluding hydrogens is 319 g/mol. The summed E-state index contributed by atoms with van der Waals surface area (Å²) in [7, 11) is 0. The van der Waals surface area contributed by atoms with Gasteiger partial charge >= 0.3 is 0 Å². The molecule has 116 valence electrons. The summed E-state index contributed by atoms with van der Waals surface area (Å²) in [6, 6.07) is 11.2. The number of amides is 1. The fraction of sp³-hybridized carbons (Fsp3) is 0.235. The summed E-state index contributed by atoms with van der Waals surface area (Å²) in [5.41, 5.74) is 3.83. The Morgan fingerprint density at radius 1 is 1.05 bits per heavy atom. The number of halogens is 2. The van der Waals surface area contributed by atoms with Crippen molar-refractivity contribution < 1.29 is 4.79 Å². The topological polar surface area (TPSA) is 41.1 Å². The molecule has 0 unspecified atom stereocenters. The van der Waals surface area contributed by atoms with Crippen molar-refractivity contribution in [3.05, 3.63) is 57.6 Å². The van der Waals surface area contributed by atoms with Gasteiger partial charge < -0.3 is 10.6 Å². The molecule has 0 saturated carbocycles. The van der Waals surface area contributed by atoms with E-state index in [4.69, 9.17) is 23.2 Å². The molecule has 0 bridgehead atoms. The Balaban J connectivity index is 1.86. The summed E-state index contributed by atoms with van der Waals surface area (Å²) >= 11 is 11.9. The van der Waals surface area contributed by atoms with Crippen molar-refractivity contribution >= 4 is 40.5 Å². The van der Waals surface area contributed by atoms with Gasteiger partial charge in [-0.2, -0.15) is 0 Å². The third kappa shape index (κ3) is 4.93. The first kappa shape index (κ1) is 16.7. The van der Waals surface area contributed by atoms with Crippen molar-refractivity contribution in [2.75, 3.05) is 17.2 Å². The number of nitrogens with one attached hydrogen (secondary N) is 2. The van der Waals surface area contributed by atoms with Crippen LogP contribution in [-0.2, 0) is 4.79 Å². The third-order valence-corrected chi connectivity index (χ3v) is 3.65. The van der Waals surface area contributed by atoms with Crippen LogP contribution in [-0.4, -0.2) is 12.5 Å². The molecule has 0 radical (unpaired) electrons. The van der Waals surface area contributed by atoms with Crippen LogP contribution in [0.1, 0.15) is 17.5 Å². The monoisotopic (exact) mass is 336 g/mol. The first-order chi connectivity index (χ1) is 10.4. The molecule has 0 aliphatic rings. The van der Waals surface area contributed by atoms with Gasteiger partial charge in [-0.25, -0.2) is 0 Å². The van der Waals surface area contributed by atoms with E-state index < -0.39 is 0 Å². The van der Waals surface area contributed by atoms with Gasteiger partial charge in [-0.05, 0) is 49.2 Å². The zero-order valence-electron chi connectivity index (χ0n) is 12.5. The van der Waals surface area contributed by atoms with Gasteiger partial charge in [0.1, 0.15) is 0 Å². The Hall–Kier alpha value is -1.71. The minimum Gasteiger partial charge on any atom is -0.384 e. The van der Waals surface area contributed by atoms with Crippen LogP contribution in [0, 0.1) is 13.8 Å². The SMILES string of the molecule is Cc1ccc(C)c(NC(=O)CCNc2cc(Cl)cc(Cl)c2)c1. The van der Waals surface area contributed by atoms with Crippen LogP contribution in [0.15, 0.2) is 36.4 Å². The van der Waals surface area contributed by atoms with Crippen LogP contribution < -0.4 is 10.6 Å². The zero-order valence-corrected chi connectivity index (χ0v) is 14.1. The highest BCUT2D eigenvalue weighted by Gasteiger charge is 2.05. The van der Waals surface area contributed by atoms with E-state index in [1.165, 1.54) is 0 Å². The van der Waals surface area contributed by atoms with Crippen molar-refractivity contribution in [3.8, 4) is 0 Å². The van der Waals surface area contributed by atoms with Crippen molar-refractivity contribution in [3.63, 3.8) is 0 Å². The second-order valence-corrected chi connectivity index (χ2v) is 6.07. The molecule has 22 heavy (non-hydrogen) atoms. The smallest absolute Gasteiger partial charge is 0.226 e. The van der Waals surface area contributed by atoms with Crippen LogP contribution in [0.4, 0.5) is 11.4 Å². The molecule has 2 rings (SSSR count). The van der Waals surface area contributed by atoms with Gasteiger partial charge in [-0.1, -0.05) is 35.3 Å². The molecule has 0 aliphatic heterocycles. The first-order valence-corrected chi connectivity index (χ1v) is 7.77. The molecule has 0 aromatic heterocycles. The number of anilines is 2. The standard InChI is InChI=1S/C17H18Cl2N2O/c1-11-3-4-12(2)16(7-11)21-17(22)5-6-20-15-9-13(18)8-14(19)10-15/h3-4,7-10,20H,5-6H2,1-2H3,(H,21,22). The average Bonchev–Trinajstić information content (AvgIpc) is 2.42. The lowest BCUT2D eigenvalue weighted by Crippen LogP contribution is -2.16. The highest BCUT2D eigenvalue weighted by atomic mass is 35.5. The normalized spacial score (nSPS) is 10.4. The van der Waals surface area contributed by atoms with E-state index in [2.05, 4.69) is 10.6 Å². The molecule has 1 amide bonds. The van der Waals surface area contributed by atoms with Crippen LogP contribution in [0.5, 0.6) is 0 Å². The van der Waals surface area contributed by atoms with Gasteiger partial charge in [0.2, 0.25) is 5.91 Å². The molecular formula is C17H18Cl2N2O. The van der Waals surface area contributed by atoms with E-state index in [0.29, 0.717) is 23.0 Å². The Morgan fingerprint density at radius 2 is 1.73 bits per heavy atom. The molecule has 2 aromatic rings. The minimum absolute atomic E-state index is 0.0330. The number of benzene rings is 2. The van der Waals surface area contributed by atoms with Gasteiger partial charge in [0, 0.05) is 34.4 Å². The maximum Gasteiger partial charge on any atom is 0.226 e. The van der Waals surface area contributed by atoms with Gasteiger partial charge in [-0.3, -0.25) is 4.79 Å². The molecule has 0 aliphatic carbocycles. The maximum absolute atomic E-state index is 12.0. The highest BCUT2D eigenvalue weighted by molar-refractivity contribution is 6.35. The zero-order chi connectivity index (χ0) is 16.1. The van der Waals surface area contributed by atoms with E-state index in [0.717, 1.165) is 22.5 Å². The van der Waals surface area contributed by atoms with Gasteiger partial charge in [-0.15, -0.1) is 0 Å². The summed E-state index contributed by atoms with van der Waals surface area (Å²) in [6.07, 6.45) is 0.359. The summed E-state index contributed by atoms with van der Waals surface area (Å²) in [5.74, 6) is -0.0330. The fourth-order valence-corrected chi connectivity index (χ4v) is 2.59. The predicted octanol–water partition coefficient (Wildman–Crippen LogP) is 5.05. The van der Waals surface area contributed by atoms with Crippen LogP contribution in [0.2, 0.25) is 10.0 Å². The Kier molecular flexibility index (Phi) is 5.69. The molecule has 0 atom stereocenters. The first-order valence-electron chi connectivity index (χ1n) is 7.01. The molecule has 0 saturated heterocycles. The minimum atomic E-state index is -0.0330. The third-order valence-electron chi connectivity index (χ3n) is 3.21. The number of hydrogen-bond donors (Lipinski definition) is 2. The summed E-state index contributed by atoms with van der Waals surface area (Å²) in [6.45, 7) is 4.48. The van der Waals surface area contributed by atoms with Crippen molar-refractivity contribution in [1.82, 2.24) is 0 Å². The predicted molar refractivity (Wildman–Crippen MR) is 94.1 cm³/mol. The van der Waals surface area contributed by atoms with Gasteiger partial charge in [0.05, 0.1) is 0 Å². The molecule has 3 nitrogen and oxygen atoms in total. The lowest BCUT2D eigenvalue weighted by Gasteiger charge is -2.10. The number of carbonyl (C=O) groups excluding carboxylic acids is 1. The maximum atomic E-state index is 12.0. The second kappa shape index (κ2) is 7.52. The van der Waals surface area contributed by atoms with Crippen molar-refractivity contribution in [2.45, 2.75) is 20.3 Å². The van der Waals surface area contributed by atoms with E-state index in [1.807, 2.05) is 32.0 Å². The van der Waals surface area contributed by atoms with Crippen LogP contribution >= 0.6 is 23.2 Å². The molecule has 2 N–H and O–H groups in total. The van der Waals surface area contributed by atoms with Gasteiger partial charge in [0.25, 0.3) is 0 Å². The van der Waals surface area contributed by atoms with E-state index >= 15 is 0 Å². The van der Waals surface area contributed by atoms with Crippen molar-refractivity contribution in [1.29, 1.82) is 0 Å². The van der Waals surface area contributed by atoms with E-state index in [1.54, 1.807) is 18.2 Å². The quantitative estimate of drug-likeness (QED) is 0.801. The van der Waals surface area contributed by atoms with Crippen LogP contribution in [0.3, 0.4) is 0 Å². The molecule has 0 heterocycles. The van der Waals surface area contributed by atoms with E-state index in [-0.39, 0.29) is 5.91 Å². The van der Waals surface area contributed by atoms with Crippen molar-refractivity contribution in [2.24, 2.45) is 0 Å². The number of aryl methyl sites for hydroxylation is 2. The lowest BCUT2D eigenvalue weighted by molar-refractivity contribution is -0.115. The largest absolute Gasteiger partial charge is 0.384 e. The Bertz CT molecular complexity index is 666. The molecule has 5 heteroatoms.